The van der Waals surface area contributed by atoms with E-state index in [0.29, 0.717) is 13.2 Å². The monoisotopic (exact) mass is 340 g/mol. The number of likely N-dealkylation sites (N-methyl/N-ethyl adjacent to an activating group) is 1. The summed E-state index contributed by atoms with van der Waals surface area (Å²) in [5.41, 5.74) is 4.03. The van der Waals surface area contributed by atoms with Crippen LogP contribution in [0.4, 0.5) is 5.69 Å². The van der Waals surface area contributed by atoms with E-state index < -0.39 is 0 Å². The van der Waals surface area contributed by atoms with Gasteiger partial charge >= 0.3 is 0 Å². The lowest BCUT2D eigenvalue weighted by atomic mass is 10.1. The van der Waals surface area contributed by atoms with Gasteiger partial charge in [-0.15, -0.1) is 0 Å². The van der Waals surface area contributed by atoms with Crippen LogP contribution in [-0.2, 0) is 11.4 Å². The highest BCUT2D eigenvalue weighted by molar-refractivity contribution is 5.93. The minimum atomic E-state index is 0.0212. The number of anilines is 1. The lowest BCUT2D eigenvalue weighted by Crippen LogP contribution is -2.33. The van der Waals surface area contributed by atoms with Crippen LogP contribution in [0.2, 0.25) is 0 Å². The van der Waals surface area contributed by atoms with Gasteiger partial charge in [-0.25, -0.2) is 0 Å². The molecule has 0 heterocycles. The van der Waals surface area contributed by atoms with E-state index in [0.717, 1.165) is 41.2 Å². The van der Waals surface area contributed by atoms with Crippen LogP contribution in [0.3, 0.4) is 0 Å². The molecule has 0 spiro atoms. The number of nitrogens with one attached hydrogen (secondary N) is 1. The van der Waals surface area contributed by atoms with E-state index in [4.69, 9.17) is 4.74 Å². The molecule has 4 heteroatoms. The molecule has 0 radical (unpaired) electrons. The number of benzene rings is 2. The van der Waals surface area contributed by atoms with Gasteiger partial charge in [-0.2, -0.15) is 0 Å². The van der Waals surface area contributed by atoms with Crippen LogP contribution < -0.4 is 10.1 Å². The van der Waals surface area contributed by atoms with Crippen molar-refractivity contribution in [3.63, 3.8) is 0 Å². The lowest BCUT2D eigenvalue weighted by molar-refractivity contribution is -0.117. The molecule has 0 aromatic heterocycles. The van der Waals surface area contributed by atoms with Gasteiger partial charge in [0.25, 0.3) is 0 Å². The minimum Gasteiger partial charge on any atom is -0.489 e. The average Bonchev–Trinajstić information content (AvgIpc) is 2.62. The van der Waals surface area contributed by atoms with E-state index in [1.165, 1.54) is 0 Å². The molecule has 0 atom stereocenters. The molecule has 25 heavy (non-hydrogen) atoms. The molecule has 0 aliphatic carbocycles. The molecular formula is C21H28N2O2. The standard InChI is InChI=1S/C21H28N2O2/c1-5-23(6-2)14-20(24)22-21-16(3)12-19(13-17(21)4)25-15-18-10-8-7-9-11-18/h7-13H,5-6,14-15H2,1-4H3,(H,22,24). The van der Waals surface area contributed by atoms with Gasteiger partial charge in [0.15, 0.2) is 0 Å². The Morgan fingerprint density at radius 3 is 2.20 bits per heavy atom. The van der Waals surface area contributed by atoms with Crippen molar-refractivity contribution in [3.05, 3.63) is 59.2 Å². The Bertz CT molecular complexity index is 671. The van der Waals surface area contributed by atoms with Crippen molar-refractivity contribution in [2.45, 2.75) is 34.3 Å². The maximum Gasteiger partial charge on any atom is 0.238 e. The van der Waals surface area contributed by atoms with E-state index in [1.54, 1.807) is 0 Å². The number of rotatable bonds is 8. The normalized spacial score (nSPS) is 10.8. The van der Waals surface area contributed by atoms with Crippen LogP contribution in [0.5, 0.6) is 5.75 Å². The first kappa shape index (κ1) is 19.0. The van der Waals surface area contributed by atoms with Gasteiger partial charge in [-0.1, -0.05) is 44.2 Å². The zero-order valence-corrected chi connectivity index (χ0v) is 15.6. The van der Waals surface area contributed by atoms with Crippen LogP contribution >= 0.6 is 0 Å². The molecule has 0 aliphatic rings. The number of aryl methyl sites for hydroxylation is 2. The second-order valence-electron chi connectivity index (χ2n) is 6.22. The highest BCUT2D eigenvalue weighted by atomic mass is 16.5. The zero-order chi connectivity index (χ0) is 18.2. The second kappa shape index (κ2) is 9.23. The van der Waals surface area contributed by atoms with Gasteiger partial charge < -0.3 is 10.1 Å². The molecule has 0 aliphatic heterocycles. The van der Waals surface area contributed by atoms with E-state index in [2.05, 4.69) is 24.1 Å². The van der Waals surface area contributed by atoms with Crippen molar-refractivity contribution in [2.75, 3.05) is 25.0 Å². The van der Waals surface area contributed by atoms with Crippen LogP contribution in [0.25, 0.3) is 0 Å². The molecule has 0 unspecified atom stereocenters. The number of carbonyl (C=O) groups is 1. The van der Waals surface area contributed by atoms with Gasteiger partial charge in [0.1, 0.15) is 12.4 Å². The molecule has 2 aromatic rings. The molecule has 0 saturated heterocycles. The van der Waals surface area contributed by atoms with Crippen molar-refractivity contribution >= 4 is 11.6 Å². The quantitative estimate of drug-likeness (QED) is 0.784. The molecule has 134 valence electrons. The molecular weight excluding hydrogens is 312 g/mol. The molecule has 0 saturated carbocycles. The molecule has 4 nitrogen and oxygen atoms in total. The number of hydrogen-bond donors (Lipinski definition) is 1. The fraction of sp³-hybridized carbons (Fsp3) is 0.381. The van der Waals surface area contributed by atoms with Crippen LogP contribution in [0.15, 0.2) is 42.5 Å². The molecule has 0 bridgehead atoms. The summed E-state index contributed by atoms with van der Waals surface area (Å²) < 4.78 is 5.89. The summed E-state index contributed by atoms with van der Waals surface area (Å²) in [6, 6.07) is 14.0. The highest BCUT2D eigenvalue weighted by Crippen LogP contribution is 2.27. The Kier molecular flexibility index (Phi) is 7.02. The first-order valence-electron chi connectivity index (χ1n) is 8.83. The Morgan fingerprint density at radius 2 is 1.64 bits per heavy atom. The van der Waals surface area contributed by atoms with E-state index in [-0.39, 0.29) is 5.91 Å². The van der Waals surface area contributed by atoms with Gasteiger partial charge in [-0.3, -0.25) is 9.69 Å². The molecule has 1 amide bonds. The van der Waals surface area contributed by atoms with Crippen molar-refractivity contribution in [1.82, 2.24) is 4.90 Å². The maximum atomic E-state index is 12.3. The summed E-state index contributed by atoms with van der Waals surface area (Å²) in [5.74, 6) is 0.841. The van der Waals surface area contributed by atoms with Crippen molar-refractivity contribution in [3.8, 4) is 5.75 Å². The minimum absolute atomic E-state index is 0.0212. The third-order valence-electron chi connectivity index (χ3n) is 4.28. The summed E-state index contributed by atoms with van der Waals surface area (Å²) in [4.78, 5) is 14.4. The summed E-state index contributed by atoms with van der Waals surface area (Å²) >= 11 is 0. The van der Waals surface area contributed by atoms with Crippen LogP contribution in [-0.4, -0.2) is 30.4 Å². The Hall–Kier alpha value is -2.33. The van der Waals surface area contributed by atoms with Gasteiger partial charge in [0, 0.05) is 5.69 Å². The summed E-state index contributed by atoms with van der Waals surface area (Å²) in [7, 11) is 0. The van der Waals surface area contributed by atoms with Crippen molar-refractivity contribution in [2.24, 2.45) is 0 Å². The molecule has 2 aromatic carbocycles. The number of amides is 1. The first-order chi connectivity index (χ1) is 12.0. The largest absolute Gasteiger partial charge is 0.489 e. The third-order valence-corrected chi connectivity index (χ3v) is 4.28. The number of nitrogens with zero attached hydrogens (tertiary/aromatic N) is 1. The first-order valence-corrected chi connectivity index (χ1v) is 8.83. The molecule has 1 N–H and O–H groups in total. The third kappa shape index (κ3) is 5.61. The fourth-order valence-electron chi connectivity index (χ4n) is 2.77. The summed E-state index contributed by atoms with van der Waals surface area (Å²) in [6.45, 7) is 10.8. The van der Waals surface area contributed by atoms with Gasteiger partial charge in [-0.05, 0) is 55.8 Å². The topological polar surface area (TPSA) is 41.6 Å². The SMILES string of the molecule is CCN(CC)CC(=O)Nc1c(C)cc(OCc2ccccc2)cc1C. The van der Waals surface area contributed by atoms with E-state index >= 15 is 0 Å². The van der Waals surface area contributed by atoms with Gasteiger partial charge in [0.05, 0.1) is 6.54 Å². The van der Waals surface area contributed by atoms with Gasteiger partial charge in [0.2, 0.25) is 5.91 Å². The predicted octanol–water partition coefficient (Wildman–Crippen LogP) is 4.16. The Labute approximate surface area is 150 Å². The molecule has 2 rings (SSSR count). The summed E-state index contributed by atoms with van der Waals surface area (Å²) in [6.07, 6.45) is 0. The van der Waals surface area contributed by atoms with Crippen LogP contribution in [0, 0.1) is 13.8 Å². The van der Waals surface area contributed by atoms with Crippen molar-refractivity contribution in [1.29, 1.82) is 0 Å². The lowest BCUT2D eigenvalue weighted by Gasteiger charge is -2.19. The predicted molar refractivity (Wildman–Crippen MR) is 103 cm³/mol. The summed E-state index contributed by atoms with van der Waals surface area (Å²) in [5, 5.41) is 3.04. The Morgan fingerprint density at radius 1 is 1.04 bits per heavy atom. The second-order valence-corrected chi connectivity index (χ2v) is 6.22. The van der Waals surface area contributed by atoms with E-state index in [1.807, 2.05) is 56.3 Å². The number of hydrogen-bond acceptors (Lipinski definition) is 3. The van der Waals surface area contributed by atoms with Crippen molar-refractivity contribution < 1.29 is 9.53 Å². The maximum absolute atomic E-state index is 12.3. The number of carbonyl (C=O) groups excluding carboxylic acids is 1. The van der Waals surface area contributed by atoms with Crippen LogP contribution in [0.1, 0.15) is 30.5 Å². The fourth-order valence-corrected chi connectivity index (χ4v) is 2.77. The van der Waals surface area contributed by atoms with E-state index in [9.17, 15) is 4.79 Å². The number of ether oxygens (including phenoxy) is 1. The highest BCUT2D eigenvalue weighted by Gasteiger charge is 2.12. The average molecular weight is 340 g/mol. The molecule has 0 fully saturated rings. The zero-order valence-electron chi connectivity index (χ0n) is 15.6. The Balaban J connectivity index is 2.02. The smallest absolute Gasteiger partial charge is 0.238 e.